The summed E-state index contributed by atoms with van der Waals surface area (Å²) in [4.78, 5) is 20.1. The summed E-state index contributed by atoms with van der Waals surface area (Å²) in [6.45, 7) is 5.80. The monoisotopic (exact) mass is 330 g/mol. The van der Waals surface area contributed by atoms with Crippen LogP contribution in [0.2, 0.25) is 0 Å². The number of aromatic nitrogens is 2. The number of hydrogen-bond donors (Lipinski definition) is 0. The second-order valence-corrected chi connectivity index (χ2v) is 6.10. The zero-order chi connectivity index (χ0) is 17.5. The van der Waals surface area contributed by atoms with Gasteiger partial charge in [0.1, 0.15) is 0 Å². The van der Waals surface area contributed by atoms with Crippen molar-refractivity contribution in [3.05, 3.63) is 11.7 Å². The van der Waals surface area contributed by atoms with E-state index in [1.165, 1.54) is 0 Å². The second-order valence-electron chi connectivity index (χ2n) is 6.10. The highest BCUT2D eigenvalue weighted by molar-refractivity contribution is 5.73. The van der Waals surface area contributed by atoms with E-state index in [2.05, 4.69) is 27.2 Å². The van der Waals surface area contributed by atoms with Gasteiger partial charge in [-0.25, -0.2) is 0 Å². The van der Waals surface area contributed by atoms with E-state index >= 15 is 0 Å². The van der Waals surface area contributed by atoms with E-state index in [-0.39, 0.29) is 17.9 Å². The standard InChI is InChI=1S/C16H22N6O2/c1-12-19-16(20-24-12)11-22(13(2)23)15-5-7-21(10-15)9-14(8-18)4-3-6-17/h14-15H,3-5,7,9-11H2,1-2H3/t14-,15-/m1/s1. The van der Waals surface area contributed by atoms with E-state index in [9.17, 15) is 10.1 Å². The van der Waals surface area contributed by atoms with Gasteiger partial charge in [0.2, 0.25) is 11.8 Å². The first-order chi connectivity index (χ1) is 11.5. The fourth-order valence-corrected chi connectivity index (χ4v) is 3.03. The third-order valence-electron chi connectivity index (χ3n) is 4.24. The molecule has 1 amide bonds. The molecule has 2 heterocycles. The SMILES string of the molecule is CC(=O)N(Cc1noc(C)n1)[C@@H]1CCN(C[C@@H](C#N)CCC#N)C1. The van der Waals surface area contributed by atoms with E-state index in [0.717, 1.165) is 19.5 Å². The van der Waals surface area contributed by atoms with Crippen LogP contribution in [-0.4, -0.2) is 51.5 Å². The average molecular weight is 330 g/mol. The molecule has 1 aliphatic rings. The van der Waals surface area contributed by atoms with Crippen LogP contribution >= 0.6 is 0 Å². The molecule has 1 fully saturated rings. The lowest BCUT2D eigenvalue weighted by atomic mass is 10.1. The highest BCUT2D eigenvalue weighted by atomic mass is 16.5. The highest BCUT2D eigenvalue weighted by Gasteiger charge is 2.31. The Morgan fingerprint density at radius 2 is 2.33 bits per heavy atom. The Bertz CT molecular complexity index is 644. The van der Waals surface area contributed by atoms with Crippen molar-refractivity contribution in [3.63, 3.8) is 0 Å². The Kier molecular flexibility index (Phi) is 6.28. The summed E-state index contributed by atoms with van der Waals surface area (Å²) in [6.07, 6.45) is 1.84. The third-order valence-corrected chi connectivity index (χ3v) is 4.24. The predicted octanol–water partition coefficient (Wildman–Crippen LogP) is 1.24. The van der Waals surface area contributed by atoms with E-state index in [4.69, 9.17) is 9.78 Å². The second kappa shape index (κ2) is 8.42. The topological polar surface area (TPSA) is 110 Å². The van der Waals surface area contributed by atoms with Crippen molar-refractivity contribution < 1.29 is 9.32 Å². The van der Waals surface area contributed by atoms with Crippen molar-refractivity contribution in [2.24, 2.45) is 5.92 Å². The summed E-state index contributed by atoms with van der Waals surface area (Å²) in [5.74, 6) is 0.820. The summed E-state index contributed by atoms with van der Waals surface area (Å²) >= 11 is 0. The number of amides is 1. The van der Waals surface area contributed by atoms with Gasteiger partial charge in [0.15, 0.2) is 5.82 Å². The molecule has 1 saturated heterocycles. The minimum absolute atomic E-state index is 0.0226. The molecule has 128 valence electrons. The molecule has 8 heteroatoms. The molecule has 2 atom stereocenters. The molecule has 0 aromatic carbocycles. The van der Waals surface area contributed by atoms with Crippen molar-refractivity contribution in [1.29, 1.82) is 10.5 Å². The molecular weight excluding hydrogens is 308 g/mol. The normalized spacial score (nSPS) is 18.8. The van der Waals surface area contributed by atoms with Gasteiger partial charge in [-0.1, -0.05) is 5.16 Å². The first-order valence-electron chi connectivity index (χ1n) is 8.08. The molecule has 1 aliphatic heterocycles. The number of hydrogen-bond acceptors (Lipinski definition) is 7. The van der Waals surface area contributed by atoms with Gasteiger partial charge >= 0.3 is 0 Å². The van der Waals surface area contributed by atoms with Crippen molar-refractivity contribution in [1.82, 2.24) is 19.9 Å². The number of likely N-dealkylation sites (tertiary alicyclic amines) is 1. The molecule has 1 aromatic heterocycles. The summed E-state index contributed by atoms with van der Waals surface area (Å²) in [5.41, 5.74) is 0. The third kappa shape index (κ3) is 4.77. The molecule has 0 N–H and O–H groups in total. The van der Waals surface area contributed by atoms with Gasteiger partial charge in [-0.3, -0.25) is 9.69 Å². The van der Waals surface area contributed by atoms with E-state index in [1.54, 1.807) is 18.7 Å². The Balaban J connectivity index is 1.92. The molecule has 1 aromatic rings. The Hall–Kier alpha value is -2.45. The van der Waals surface area contributed by atoms with Crippen LogP contribution in [0, 0.1) is 35.5 Å². The van der Waals surface area contributed by atoms with Crippen LogP contribution in [0.3, 0.4) is 0 Å². The fourth-order valence-electron chi connectivity index (χ4n) is 3.03. The number of carbonyl (C=O) groups excluding carboxylic acids is 1. The Labute approximate surface area is 141 Å². The number of nitriles is 2. The zero-order valence-corrected chi connectivity index (χ0v) is 14.1. The molecule has 0 unspecified atom stereocenters. The molecule has 0 spiro atoms. The van der Waals surface area contributed by atoms with Gasteiger partial charge in [-0.05, 0) is 12.8 Å². The average Bonchev–Trinajstić information content (AvgIpc) is 3.17. The summed E-state index contributed by atoms with van der Waals surface area (Å²) in [6, 6.07) is 4.43. The molecule has 2 rings (SSSR count). The molecular formula is C16H22N6O2. The number of aryl methyl sites for hydroxylation is 1. The molecule has 24 heavy (non-hydrogen) atoms. The maximum atomic E-state index is 12.0. The van der Waals surface area contributed by atoms with Gasteiger partial charge in [-0.2, -0.15) is 15.5 Å². The van der Waals surface area contributed by atoms with Crippen molar-refractivity contribution >= 4 is 5.91 Å². The Morgan fingerprint density at radius 3 is 2.92 bits per heavy atom. The quantitative estimate of drug-likeness (QED) is 0.739. The van der Waals surface area contributed by atoms with Crippen molar-refractivity contribution in [2.75, 3.05) is 19.6 Å². The van der Waals surface area contributed by atoms with Crippen LogP contribution < -0.4 is 0 Å². The molecule has 8 nitrogen and oxygen atoms in total. The lowest BCUT2D eigenvalue weighted by Gasteiger charge is -2.27. The van der Waals surface area contributed by atoms with Crippen LogP contribution in [0.1, 0.15) is 37.9 Å². The number of rotatable bonds is 7. The maximum absolute atomic E-state index is 12.0. The first kappa shape index (κ1) is 17.9. The fraction of sp³-hybridized carbons (Fsp3) is 0.688. The molecule has 0 aliphatic carbocycles. The lowest BCUT2D eigenvalue weighted by molar-refractivity contribution is -0.131. The highest BCUT2D eigenvalue weighted by Crippen LogP contribution is 2.20. The van der Waals surface area contributed by atoms with Crippen LogP contribution in [0.4, 0.5) is 0 Å². The summed E-state index contributed by atoms with van der Waals surface area (Å²) in [7, 11) is 0. The van der Waals surface area contributed by atoms with Gasteiger partial charge in [0.05, 0.1) is 24.6 Å². The lowest BCUT2D eigenvalue weighted by Crippen LogP contribution is -2.41. The van der Waals surface area contributed by atoms with Crippen LogP contribution in [0.5, 0.6) is 0 Å². The first-order valence-corrected chi connectivity index (χ1v) is 8.08. The largest absolute Gasteiger partial charge is 0.340 e. The number of carbonyl (C=O) groups is 1. The van der Waals surface area contributed by atoms with E-state index < -0.39 is 0 Å². The molecule has 0 saturated carbocycles. The Morgan fingerprint density at radius 1 is 1.54 bits per heavy atom. The summed E-state index contributed by atoms with van der Waals surface area (Å²) in [5, 5.41) is 21.7. The smallest absolute Gasteiger partial charge is 0.223 e. The van der Waals surface area contributed by atoms with Crippen LogP contribution in [0.15, 0.2) is 4.52 Å². The zero-order valence-electron chi connectivity index (χ0n) is 14.1. The van der Waals surface area contributed by atoms with Crippen LogP contribution in [-0.2, 0) is 11.3 Å². The van der Waals surface area contributed by atoms with Crippen molar-refractivity contribution in [3.8, 4) is 12.1 Å². The van der Waals surface area contributed by atoms with Crippen molar-refractivity contribution in [2.45, 2.75) is 45.7 Å². The van der Waals surface area contributed by atoms with Gasteiger partial charge in [-0.15, -0.1) is 0 Å². The van der Waals surface area contributed by atoms with E-state index in [1.807, 2.05) is 0 Å². The molecule has 0 radical (unpaired) electrons. The summed E-state index contributed by atoms with van der Waals surface area (Å²) < 4.78 is 4.96. The van der Waals surface area contributed by atoms with Gasteiger partial charge in [0, 0.05) is 45.9 Å². The minimum Gasteiger partial charge on any atom is -0.340 e. The van der Waals surface area contributed by atoms with E-state index in [0.29, 0.717) is 37.6 Å². The maximum Gasteiger partial charge on any atom is 0.223 e. The van der Waals surface area contributed by atoms with Gasteiger partial charge in [0.25, 0.3) is 0 Å². The molecule has 0 bridgehead atoms. The number of nitrogens with zero attached hydrogens (tertiary/aromatic N) is 6. The van der Waals surface area contributed by atoms with Crippen LogP contribution in [0.25, 0.3) is 0 Å². The van der Waals surface area contributed by atoms with Gasteiger partial charge < -0.3 is 9.42 Å². The predicted molar refractivity (Wildman–Crippen MR) is 84.1 cm³/mol. The minimum atomic E-state index is -0.144.